The minimum atomic E-state index is -3.08. The maximum Gasteiger partial charge on any atom is 0.152 e. The fourth-order valence-electron chi connectivity index (χ4n) is 2.79. The fourth-order valence-corrected chi connectivity index (χ4v) is 4.50. The van der Waals surface area contributed by atoms with Crippen LogP contribution in [0.15, 0.2) is 12.2 Å². The molecule has 0 amide bonds. The van der Waals surface area contributed by atoms with Crippen LogP contribution in [0.3, 0.4) is 0 Å². The molecule has 1 aliphatic carbocycles. The van der Waals surface area contributed by atoms with Crippen LogP contribution >= 0.6 is 0 Å². The highest BCUT2D eigenvalue weighted by Gasteiger charge is 2.46. The molecule has 0 spiro atoms. The van der Waals surface area contributed by atoms with E-state index in [-0.39, 0.29) is 5.25 Å². The predicted molar refractivity (Wildman–Crippen MR) is 77.9 cm³/mol. The molecule has 2 unspecified atom stereocenters. The van der Waals surface area contributed by atoms with Gasteiger partial charge in [-0.3, -0.25) is 0 Å². The standard InChI is InChI=1S/C13H26N2O3S/c1-11(2)9-18-8-7-15-13(10-14)6-4-5-12(13)19(3,16)17/h12,15H,1,4-10,14H2,2-3H3. The lowest BCUT2D eigenvalue weighted by molar-refractivity contribution is 0.148. The molecule has 0 heterocycles. The Bertz CT molecular complexity index is 408. The van der Waals surface area contributed by atoms with E-state index in [2.05, 4.69) is 11.9 Å². The number of nitrogens with two attached hydrogens (primary N) is 1. The van der Waals surface area contributed by atoms with Gasteiger partial charge in [0.05, 0.1) is 18.5 Å². The molecule has 5 nitrogen and oxygen atoms in total. The lowest BCUT2D eigenvalue weighted by Gasteiger charge is -2.34. The highest BCUT2D eigenvalue weighted by Crippen LogP contribution is 2.34. The number of hydrogen-bond donors (Lipinski definition) is 2. The first-order chi connectivity index (χ1) is 8.82. The summed E-state index contributed by atoms with van der Waals surface area (Å²) in [5.41, 5.74) is 6.33. The van der Waals surface area contributed by atoms with Crippen LogP contribution in [-0.2, 0) is 14.6 Å². The first-order valence-electron chi connectivity index (χ1n) is 6.68. The first-order valence-corrected chi connectivity index (χ1v) is 8.63. The van der Waals surface area contributed by atoms with E-state index in [1.54, 1.807) is 0 Å². The van der Waals surface area contributed by atoms with Crippen LogP contribution in [-0.4, -0.2) is 51.8 Å². The van der Waals surface area contributed by atoms with Gasteiger partial charge in [0, 0.05) is 24.9 Å². The lowest BCUT2D eigenvalue weighted by Crippen LogP contribution is -2.59. The van der Waals surface area contributed by atoms with Crippen molar-refractivity contribution in [1.29, 1.82) is 0 Å². The Morgan fingerprint density at radius 2 is 2.26 bits per heavy atom. The topological polar surface area (TPSA) is 81.4 Å². The first kappa shape index (κ1) is 16.6. The van der Waals surface area contributed by atoms with Gasteiger partial charge in [-0.2, -0.15) is 0 Å². The van der Waals surface area contributed by atoms with Crippen molar-refractivity contribution in [2.75, 3.05) is 32.6 Å². The third-order valence-corrected chi connectivity index (χ3v) is 5.38. The van der Waals surface area contributed by atoms with Crippen LogP contribution in [0.25, 0.3) is 0 Å². The van der Waals surface area contributed by atoms with E-state index < -0.39 is 15.4 Å². The second kappa shape index (κ2) is 6.83. The maximum atomic E-state index is 11.8. The van der Waals surface area contributed by atoms with Crippen LogP contribution in [0.2, 0.25) is 0 Å². The summed E-state index contributed by atoms with van der Waals surface area (Å²) in [6, 6.07) is 0. The van der Waals surface area contributed by atoms with Gasteiger partial charge in [-0.05, 0) is 19.8 Å². The molecule has 1 rings (SSSR count). The van der Waals surface area contributed by atoms with E-state index in [4.69, 9.17) is 10.5 Å². The Labute approximate surface area is 116 Å². The van der Waals surface area contributed by atoms with Gasteiger partial charge in [-0.25, -0.2) is 8.42 Å². The highest BCUT2D eigenvalue weighted by molar-refractivity contribution is 7.91. The fraction of sp³-hybridized carbons (Fsp3) is 0.846. The number of nitrogens with one attached hydrogen (secondary N) is 1. The average molecular weight is 290 g/mol. The van der Waals surface area contributed by atoms with E-state index in [0.717, 1.165) is 18.4 Å². The molecule has 0 radical (unpaired) electrons. The van der Waals surface area contributed by atoms with E-state index in [1.165, 1.54) is 6.26 Å². The molecular formula is C13H26N2O3S. The van der Waals surface area contributed by atoms with E-state index >= 15 is 0 Å². The zero-order chi connectivity index (χ0) is 14.5. The van der Waals surface area contributed by atoms with Crippen molar-refractivity contribution in [1.82, 2.24) is 5.32 Å². The Morgan fingerprint density at radius 1 is 1.58 bits per heavy atom. The Hall–Kier alpha value is -0.430. The van der Waals surface area contributed by atoms with Gasteiger partial charge in [0.1, 0.15) is 0 Å². The summed E-state index contributed by atoms with van der Waals surface area (Å²) in [5.74, 6) is 0. The zero-order valence-corrected chi connectivity index (χ0v) is 12.8. The number of rotatable bonds is 8. The second-order valence-electron chi connectivity index (χ2n) is 5.51. The minimum absolute atomic E-state index is 0.339. The van der Waals surface area contributed by atoms with Crippen LogP contribution in [0.5, 0.6) is 0 Å². The molecule has 0 aromatic carbocycles. The lowest BCUT2D eigenvalue weighted by atomic mass is 9.97. The molecule has 6 heteroatoms. The Kier molecular flexibility index (Phi) is 5.98. The summed E-state index contributed by atoms with van der Waals surface area (Å²) in [6.45, 7) is 7.68. The summed E-state index contributed by atoms with van der Waals surface area (Å²) in [4.78, 5) is 0. The van der Waals surface area contributed by atoms with Gasteiger partial charge in [-0.1, -0.05) is 18.6 Å². The summed E-state index contributed by atoms with van der Waals surface area (Å²) in [5, 5.41) is 2.93. The van der Waals surface area contributed by atoms with E-state index in [1.807, 2.05) is 6.92 Å². The van der Waals surface area contributed by atoms with E-state index in [9.17, 15) is 8.42 Å². The maximum absolute atomic E-state index is 11.8. The molecule has 0 aliphatic heterocycles. The van der Waals surface area contributed by atoms with Crippen molar-refractivity contribution in [3.8, 4) is 0 Å². The van der Waals surface area contributed by atoms with Gasteiger partial charge >= 0.3 is 0 Å². The molecule has 1 fully saturated rings. The molecule has 3 N–H and O–H groups in total. The van der Waals surface area contributed by atoms with Crippen molar-refractivity contribution in [2.45, 2.75) is 37.0 Å². The largest absolute Gasteiger partial charge is 0.376 e. The Morgan fingerprint density at radius 3 is 2.79 bits per heavy atom. The Balaban J connectivity index is 2.53. The number of hydrogen-bond acceptors (Lipinski definition) is 5. The highest BCUT2D eigenvalue weighted by atomic mass is 32.2. The molecule has 0 aromatic rings. The summed E-state index contributed by atoms with van der Waals surface area (Å²) in [6.07, 6.45) is 3.69. The molecule has 0 aromatic heterocycles. The third kappa shape index (κ3) is 4.56. The van der Waals surface area contributed by atoms with Gasteiger partial charge in [-0.15, -0.1) is 0 Å². The summed E-state index contributed by atoms with van der Waals surface area (Å²) in [7, 11) is -3.08. The van der Waals surface area contributed by atoms with Gasteiger partial charge in [0.15, 0.2) is 9.84 Å². The molecule has 1 aliphatic rings. The van der Waals surface area contributed by atoms with Crippen LogP contribution < -0.4 is 11.1 Å². The minimum Gasteiger partial charge on any atom is -0.376 e. The molecule has 0 saturated heterocycles. The van der Waals surface area contributed by atoms with E-state index in [0.29, 0.717) is 32.7 Å². The van der Waals surface area contributed by atoms with Gasteiger partial charge in [0.2, 0.25) is 0 Å². The quantitative estimate of drug-likeness (QED) is 0.501. The summed E-state index contributed by atoms with van der Waals surface area (Å²) < 4.78 is 29.1. The SMILES string of the molecule is C=C(C)COCCNC1(CN)CCCC1S(C)(=O)=O. The molecular weight excluding hydrogens is 264 g/mol. The van der Waals surface area contributed by atoms with Crippen molar-refractivity contribution >= 4 is 9.84 Å². The van der Waals surface area contributed by atoms with Crippen molar-refractivity contribution in [2.24, 2.45) is 5.73 Å². The van der Waals surface area contributed by atoms with Crippen LogP contribution in [0, 0.1) is 0 Å². The van der Waals surface area contributed by atoms with Crippen molar-refractivity contribution < 1.29 is 13.2 Å². The molecule has 1 saturated carbocycles. The molecule has 0 bridgehead atoms. The monoisotopic (exact) mass is 290 g/mol. The van der Waals surface area contributed by atoms with Gasteiger partial charge < -0.3 is 15.8 Å². The average Bonchev–Trinajstić information content (AvgIpc) is 2.72. The predicted octanol–water partition coefficient (Wildman–Crippen LogP) is 0.463. The van der Waals surface area contributed by atoms with Crippen molar-refractivity contribution in [3.05, 3.63) is 12.2 Å². The smallest absolute Gasteiger partial charge is 0.152 e. The number of ether oxygens (including phenoxy) is 1. The van der Waals surface area contributed by atoms with Crippen LogP contribution in [0.1, 0.15) is 26.2 Å². The number of sulfone groups is 1. The third-order valence-electron chi connectivity index (χ3n) is 3.66. The molecule has 112 valence electrons. The van der Waals surface area contributed by atoms with Crippen LogP contribution in [0.4, 0.5) is 0 Å². The second-order valence-corrected chi connectivity index (χ2v) is 7.74. The van der Waals surface area contributed by atoms with Gasteiger partial charge in [0.25, 0.3) is 0 Å². The summed E-state index contributed by atoms with van der Waals surface area (Å²) >= 11 is 0. The zero-order valence-electron chi connectivity index (χ0n) is 11.9. The molecule has 2 atom stereocenters. The molecule has 19 heavy (non-hydrogen) atoms. The van der Waals surface area contributed by atoms with Crippen molar-refractivity contribution in [3.63, 3.8) is 0 Å². The normalized spacial score (nSPS) is 27.6.